The lowest BCUT2D eigenvalue weighted by molar-refractivity contribution is 0.0512. The molecule has 1 heterocycles. The van der Waals surface area contributed by atoms with Gasteiger partial charge < -0.3 is 4.74 Å². The van der Waals surface area contributed by atoms with Gasteiger partial charge in [0.25, 0.3) is 0 Å². The number of benzene rings is 2. The quantitative estimate of drug-likeness (QED) is 0.510. The Kier molecular flexibility index (Phi) is 5.04. The van der Waals surface area contributed by atoms with Crippen LogP contribution in [-0.4, -0.2) is 28.1 Å². The molecular weight excluding hydrogens is 316 g/mol. The first kappa shape index (κ1) is 16.6. The molecule has 0 fully saturated rings. The molecule has 3 aromatic rings. The van der Waals surface area contributed by atoms with Gasteiger partial charge in [-0.05, 0) is 13.0 Å². The Labute approximate surface area is 145 Å². The fourth-order valence-corrected chi connectivity index (χ4v) is 2.51. The third-order valence-corrected chi connectivity index (χ3v) is 3.72. The second kappa shape index (κ2) is 7.57. The van der Waals surface area contributed by atoms with Gasteiger partial charge in [0.1, 0.15) is 12.2 Å². The summed E-state index contributed by atoms with van der Waals surface area (Å²) in [5.41, 5.74) is 2.35. The highest BCUT2D eigenvalue weighted by molar-refractivity contribution is 5.97. The topological polar surface area (TPSA) is 61.2 Å². The minimum atomic E-state index is -0.488. The summed E-state index contributed by atoms with van der Waals surface area (Å²) < 4.78 is 6.51. The van der Waals surface area contributed by atoms with Gasteiger partial charge in [-0.15, -0.1) is 0 Å². The number of hydrogen-bond donors (Lipinski definition) is 0. The van der Waals surface area contributed by atoms with E-state index in [1.54, 1.807) is 37.3 Å². The maximum atomic E-state index is 12.5. The van der Waals surface area contributed by atoms with E-state index in [9.17, 15) is 9.59 Å². The summed E-state index contributed by atoms with van der Waals surface area (Å²) in [5, 5.41) is 4.44. The van der Waals surface area contributed by atoms with Gasteiger partial charge >= 0.3 is 5.97 Å². The van der Waals surface area contributed by atoms with Gasteiger partial charge in [-0.25, -0.2) is 9.48 Å². The Morgan fingerprint density at radius 2 is 1.64 bits per heavy atom. The van der Waals surface area contributed by atoms with Crippen molar-refractivity contribution >= 4 is 11.8 Å². The Morgan fingerprint density at radius 3 is 2.28 bits per heavy atom. The fraction of sp³-hybridized carbons (Fsp3) is 0.150. The third-order valence-electron chi connectivity index (χ3n) is 3.72. The van der Waals surface area contributed by atoms with Crippen LogP contribution in [0.2, 0.25) is 0 Å². The summed E-state index contributed by atoms with van der Waals surface area (Å²) in [4.78, 5) is 24.7. The minimum absolute atomic E-state index is 0.0228. The van der Waals surface area contributed by atoms with E-state index >= 15 is 0 Å². The highest BCUT2D eigenvalue weighted by Crippen LogP contribution is 2.20. The molecule has 0 aliphatic heterocycles. The van der Waals surface area contributed by atoms with E-state index in [1.807, 2.05) is 36.4 Å². The van der Waals surface area contributed by atoms with Gasteiger partial charge in [-0.3, -0.25) is 4.79 Å². The van der Waals surface area contributed by atoms with Crippen LogP contribution < -0.4 is 0 Å². The average molecular weight is 334 g/mol. The summed E-state index contributed by atoms with van der Waals surface area (Å²) in [5.74, 6) is -0.605. The van der Waals surface area contributed by atoms with E-state index in [4.69, 9.17) is 4.74 Å². The van der Waals surface area contributed by atoms with Crippen LogP contribution >= 0.6 is 0 Å². The zero-order valence-corrected chi connectivity index (χ0v) is 13.9. The van der Waals surface area contributed by atoms with Gasteiger partial charge in [0.05, 0.1) is 12.3 Å². The van der Waals surface area contributed by atoms with Crippen LogP contribution in [0, 0.1) is 0 Å². The molecule has 0 bridgehead atoms. The van der Waals surface area contributed by atoms with Crippen LogP contribution in [0.1, 0.15) is 27.8 Å². The molecule has 0 atom stereocenters. The van der Waals surface area contributed by atoms with Gasteiger partial charge in [0.15, 0.2) is 5.78 Å². The maximum absolute atomic E-state index is 12.5. The Hall–Kier alpha value is -3.21. The number of hydrogen-bond acceptors (Lipinski definition) is 4. The summed E-state index contributed by atoms with van der Waals surface area (Å²) in [6.07, 6.45) is 0. The molecule has 0 radical (unpaired) electrons. The monoisotopic (exact) mass is 334 g/mol. The molecular formula is C20H18N2O3. The molecule has 0 unspecified atom stereocenters. The first-order valence-electron chi connectivity index (χ1n) is 8.07. The molecule has 0 saturated heterocycles. The standard InChI is InChI=1S/C20H18N2O3/c1-2-25-20(24)18-13-17(15-9-5-3-6-10-15)21-22(18)14-19(23)16-11-7-4-8-12-16/h3-13H,2,14H2,1H3. The predicted molar refractivity (Wildman–Crippen MR) is 94.4 cm³/mol. The maximum Gasteiger partial charge on any atom is 0.356 e. The van der Waals surface area contributed by atoms with Crippen molar-refractivity contribution in [1.29, 1.82) is 0 Å². The van der Waals surface area contributed by atoms with Crippen molar-refractivity contribution in [2.45, 2.75) is 13.5 Å². The van der Waals surface area contributed by atoms with Crippen molar-refractivity contribution in [1.82, 2.24) is 9.78 Å². The van der Waals surface area contributed by atoms with Gasteiger partial charge in [-0.2, -0.15) is 5.10 Å². The summed E-state index contributed by atoms with van der Waals surface area (Å²) in [7, 11) is 0. The van der Waals surface area contributed by atoms with Crippen molar-refractivity contribution in [2.24, 2.45) is 0 Å². The largest absolute Gasteiger partial charge is 0.461 e. The van der Waals surface area contributed by atoms with Gasteiger partial charge in [0.2, 0.25) is 0 Å². The number of Topliss-reactive ketones (excluding diaryl/α,β-unsaturated/α-hetero) is 1. The Balaban J connectivity index is 1.94. The molecule has 5 nitrogen and oxygen atoms in total. The summed E-state index contributed by atoms with van der Waals surface area (Å²) >= 11 is 0. The zero-order chi connectivity index (χ0) is 17.6. The fourth-order valence-electron chi connectivity index (χ4n) is 2.51. The number of ketones is 1. The molecule has 0 aliphatic carbocycles. The highest BCUT2D eigenvalue weighted by atomic mass is 16.5. The summed E-state index contributed by atoms with van der Waals surface area (Å²) in [6.45, 7) is 1.98. The van der Waals surface area contributed by atoms with Crippen LogP contribution in [0.3, 0.4) is 0 Å². The van der Waals surface area contributed by atoms with Crippen molar-refractivity contribution in [2.75, 3.05) is 6.61 Å². The molecule has 126 valence electrons. The molecule has 2 aromatic carbocycles. The van der Waals surface area contributed by atoms with E-state index in [2.05, 4.69) is 5.10 Å². The van der Waals surface area contributed by atoms with Crippen LogP contribution in [0.25, 0.3) is 11.3 Å². The lowest BCUT2D eigenvalue weighted by Crippen LogP contribution is -2.18. The molecule has 1 aromatic heterocycles. The van der Waals surface area contributed by atoms with Crippen LogP contribution in [-0.2, 0) is 11.3 Å². The molecule has 0 spiro atoms. The smallest absolute Gasteiger partial charge is 0.356 e. The van der Waals surface area contributed by atoms with Gasteiger partial charge in [0, 0.05) is 11.1 Å². The second-order valence-corrected chi connectivity index (χ2v) is 5.45. The number of ether oxygens (including phenoxy) is 1. The summed E-state index contributed by atoms with van der Waals surface area (Å²) in [6, 6.07) is 20.1. The van der Waals surface area contributed by atoms with Crippen molar-refractivity contribution in [3.05, 3.63) is 78.0 Å². The normalized spacial score (nSPS) is 10.4. The van der Waals surface area contributed by atoms with E-state index < -0.39 is 5.97 Å². The average Bonchev–Trinajstić information content (AvgIpc) is 3.07. The van der Waals surface area contributed by atoms with E-state index in [0.29, 0.717) is 11.3 Å². The van der Waals surface area contributed by atoms with Crippen LogP contribution in [0.4, 0.5) is 0 Å². The number of carbonyl (C=O) groups excluding carboxylic acids is 2. The molecule has 0 saturated carbocycles. The minimum Gasteiger partial charge on any atom is -0.461 e. The van der Waals surface area contributed by atoms with Gasteiger partial charge in [-0.1, -0.05) is 60.7 Å². The number of esters is 1. The predicted octanol–water partition coefficient (Wildman–Crippen LogP) is 3.61. The van der Waals surface area contributed by atoms with E-state index in [-0.39, 0.29) is 24.6 Å². The highest BCUT2D eigenvalue weighted by Gasteiger charge is 2.19. The molecule has 0 aliphatic rings. The van der Waals surface area contributed by atoms with Crippen molar-refractivity contribution < 1.29 is 14.3 Å². The number of rotatable bonds is 6. The SMILES string of the molecule is CCOC(=O)c1cc(-c2ccccc2)nn1CC(=O)c1ccccc1. The van der Waals surface area contributed by atoms with Crippen LogP contribution in [0.15, 0.2) is 66.7 Å². The lowest BCUT2D eigenvalue weighted by Gasteiger charge is -2.06. The molecule has 0 N–H and O–H groups in total. The van der Waals surface area contributed by atoms with E-state index in [1.165, 1.54) is 4.68 Å². The van der Waals surface area contributed by atoms with Crippen molar-refractivity contribution in [3.8, 4) is 11.3 Å². The number of carbonyl (C=O) groups is 2. The molecule has 0 amide bonds. The molecule has 3 rings (SSSR count). The second-order valence-electron chi connectivity index (χ2n) is 5.45. The number of aromatic nitrogens is 2. The zero-order valence-electron chi connectivity index (χ0n) is 13.9. The Morgan fingerprint density at radius 1 is 1.00 bits per heavy atom. The van der Waals surface area contributed by atoms with Crippen LogP contribution in [0.5, 0.6) is 0 Å². The molecule has 5 heteroatoms. The van der Waals surface area contributed by atoms with E-state index in [0.717, 1.165) is 5.56 Å². The first-order valence-corrected chi connectivity index (χ1v) is 8.07. The molecule has 25 heavy (non-hydrogen) atoms. The number of nitrogens with zero attached hydrogens (tertiary/aromatic N) is 2. The van der Waals surface area contributed by atoms with Crippen molar-refractivity contribution in [3.63, 3.8) is 0 Å². The Bertz CT molecular complexity index is 870. The lowest BCUT2D eigenvalue weighted by atomic mass is 10.1. The first-order chi connectivity index (χ1) is 12.2. The third kappa shape index (κ3) is 3.83.